The normalized spacial score (nSPS) is 14.8. The van der Waals surface area contributed by atoms with Crippen LogP contribution in [0.3, 0.4) is 0 Å². The number of amides is 2. The minimum Gasteiger partial charge on any atom is -0.503 e. The predicted molar refractivity (Wildman–Crippen MR) is 120 cm³/mol. The number of carbonyl (C=O) groups is 2. The van der Waals surface area contributed by atoms with Crippen LogP contribution < -0.4 is 9.64 Å². The second kappa shape index (κ2) is 7.80. The van der Waals surface area contributed by atoms with Gasteiger partial charge < -0.3 is 9.84 Å². The van der Waals surface area contributed by atoms with Gasteiger partial charge in [-0.15, -0.1) is 0 Å². The number of fused-ring (bicyclic) bond motifs is 1. The van der Waals surface area contributed by atoms with Crippen LogP contribution in [0.2, 0.25) is 0 Å². The molecule has 0 bridgehead atoms. The summed E-state index contributed by atoms with van der Waals surface area (Å²) in [7, 11) is 1.46. The number of hydrogen-bond donors (Lipinski definition) is 1. The Balaban J connectivity index is 1.92. The summed E-state index contributed by atoms with van der Waals surface area (Å²) in [5, 5.41) is 10.1. The number of halogens is 1. The van der Waals surface area contributed by atoms with Crippen molar-refractivity contribution >= 4 is 45.1 Å². The lowest BCUT2D eigenvalue weighted by Crippen LogP contribution is -2.41. The van der Waals surface area contributed by atoms with Crippen molar-refractivity contribution in [2.75, 3.05) is 12.0 Å². The van der Waals surface area contributed by atoms with Crippen LogP contribution in [0.5, 0.6) is 11.5 Å². The van der Waals surface area contributed by atoms with E-state index in [9.17, 15) is 14.7 Å². The topological polar surface area (TPSA) is 66.8 Å². The maximum atomic E-state index is 13.5. The average Bonchev–Trinajstić information content (AvgIpc) is 2.73. The van der Waals surface area contributed by atoms with Gasteiger partial charge in [0, 0.05) is 11.1 Å². The molecule has 0 fully saturated rings. The molecule has 2 amide bonds. The Kier molecular flexibility index (Phi) is 5.18. The minimum absolute atomic E-state index is 0.0217. The van der Waals surface area contributed by atoms with Crippen molar-refractivity contribution in [1.82, 2.24) is 0 Å². The van der Waals surface area contributed by atoms with Gasteiger partial charge in [0.15, 0.2) is 11.5 Å². The zero-order valence-electron chi connectivity index (χ0n) is 16.3. The number of benzene rings is 3. The van der Waals surface area contributed by atoms with Gasteiger partial charge in [-0.3, -0.25) is 9.59 Å². The fraction of sp³-hybridized carbons (Fsp3) is 0.0833. The molecule has 1 heterocycles. The number of anilines is 1. The molecule has 30 heavy (non-hydrogen) atoms. The number of methoxy groups -OCH3 is 1. The van der Waals surface area contributed by atoms with Gasteiger partial charge in [0.1, 0.15) is 0 Å². The maximum Gasteiger partial charge on any atom is 0.265 e. The second-order valence-electron chi connectivity index (χ2n) is 6.94. The number of phenols is 1. The quantitative estimate of drug-likeness (QED) is 0.428. The van der Waals surface area contributed by atoms with Crippen LogP contribution in [0.1, 0.15) is 27.0 Å². The summed E-state index contributed by atoms with van der Waals surface area (Å²) < 4.78 is 5.66. The van der Waals surface area contributed by atoms with Gasteiger partial charge in [-0.1, -0.05) is 30.3 Å². The summed E-state index contributed by atoms with van der Waals surface area (Å²) in [6, 6.07) is 17.7. The average molecular weight is 464 g/mol. The summed E-state index contributed by atoms with van der Waals surface area (Å²) in [6.07, 6.45) is 1.70. The zero-order valence-corrected chi connectivity index (χ0v) is 17.9. The molecule has 5 nitrogen and oxygen atoms in total. The van der Waals surface area contributed by atoms with Gasteiger partial charge in [-0.2, -0.15) is 0 Å². The molecule has 1 aliphatic heterocycles. The Hall–Kier alpha value is -3.38. The number of aryl methyl sites for hydroxylation is 1. The first-order valence-corrected chi connectivity index (χ1v) is 10.0. The lowest BCUT2D eigenvalue weighted by atomic mass is 9.91. The van der Waals surface area contributed by atoms with Crippen molar-refractivity contribution in [2.24, 2.45) is 0 Å². The monoisotopic (exact) mass is 463 g/mol. The van der Waals surface area contributed by atoms with E-state index in [0.29, 0.717) is 32.4 Å². The number of rotatable bonds is 3. The van der Waals surface area contributed by atoms with E-state index in [1.54, 1.807) is 48.5 Å². The molecule has 0 aromatic heterocycles. The molecule has 0 spiro atoms. The van der Waals surface area contributed by atoms with Gasteiger partial charge in [-0.05, 0) is 76.0 Å². The van der Waals surface area contributed by atoms with Crippen molar-refractivity contribution in [2.45, 2.75) is 6.92 Å². The minimum atomic E-state index is -0.410. The summed E-state index contributed by atoms with van der Waals surface area (Å²) in [5.74, 6) is -0.513. The van der Waals surface area contributed by atoms with Crippen LogP contribution in [0.4, 0.5) is 5.69 Å². The molecule has 1 aliphatic rings. The number of aromatic hydroxyl groups is 1. The fourth-order valence-corrected chi connectivity index (χ4v) is 3.95. The highest BCUT2D eigenvalue weighted by Crippen LogP contribution is 2.38. The Morgan fingerprint density at radius 3 is 2.40 bits per heavy atom. The van der Waals surface area contributed by atoms with Crippen LogP contribution in [0, 0.1) is 6.92 Å². The van der Waals surface area contributed by atoms with E-state index in [-0.39, 0.29) is 17.4 Å². The van der Waals surface area contributed by atoms with Crippen LogP contribution in [-0.4, -0.2) is 24.0 Å². The highest BCUT2D eigenvalue weighted by molar-refractivity contribution is 9.10. The van der Waals surface area contributed by atoms with E-state index in [0.717, 1.165) is 5.56 Å². The Bertz CT molecular complexity index is 1220. The van der Waals surface area contributed by atoms with Crippen LogP contribution in [0.25, 0.3) is 11.6 Å². The standard InChI is InChI=1S/C24H18BrNO4/c1-14-6-5-7-16(10-14)26-23(28)18-9-4-3-8-17(18)19(24(26)29)11-15-12-20(25)22(27)21(13-15)30-2/h3-13,27H,1-2H3/b19-11-. The van der Waals surface area contributed by atoms with Crippen LogP contribution in [0.15, 0.2) is 65.1 Å². The van der Waals surface area contributed by atoms with Gasteiger partial charge >= 0.3 is 0 Å². The SMILES string of the molecule is COc1cc(/C=C2\C(=O)N(c3cccc(C)c3)C(=O)c3ccccc32)cc(Br)c1O. The molecule has 4 rings (SSSR count). The first-order valence-electron chi connectivity index (χ1n) is 9.23. The number of phenolic OH excluding ortho intramolecular Hbond substituents is 1. The lowest BCUT2D eigenvalue weighted by Gasteiger charge is -2.29. The third kappa shape index (κ3) is 3.39. The lowest BCUT2D eigenvalue weighted by molar-refractivity contribution is -0.112. The number of carbonyl (C=O) groups excluding carboxylic acids is 2. The molecule has 3 aromatic rings. The molecule has 0 atom stereocenters. The van der Waals surface area contributed by atoms with E-state index < -0.39 is 5.91 Å². The number of imide groups is 1. The Labute approximate surface area is 182 Å². The number of hydrogen-bond acceptors (Lipinski definition) is 4. The molecule has 0 unspecified atom stereocenters. The van der Waals surface area contributed by atoms with Crippen molar-refractivity contribution < 1.29 is 19.4 Å². The van der Waals surface area contributed by atoms with E-state index in [4.69, 9.17) is 4.74 Å². The summed E-state index contributed by atoms with van der Waals surface area (Å²) in [5.41, 5.74) is 3.52. The molecule has 0 saturated carbocycles. The summed E-state index contributed by atoms with van der Waals surface area (Å²) in [4.78, 5) is 27.8. The molecular formula is C24H18BrNO4. The van der Waals surface area contributed by atoms with Gasteiger partial charge in [0.25, 0.3) is 11.8 Å². The van der Waals surface area contributed by atoms with E-state index >= 15 is 0 Å². The van der Waals surface area contributed by atoms with Crippen LogP contribution in [-0.2, 0) is 4.79 Å². The highest BCUT2D eigenvalue weighted by Gasteiger charge is 2.35. The van der Waals surface area contributed by atoms with E-state index in [1.165, 1.54) is 12.0 Å². The van der Waals surface area contributed by atoms with Gasteiger partial charge in [-0.25, -0.2) is 4.90 Å². The number of ether oxygens (including phenoxy) is 1. The first kappa shape index (κ1) is 19.9. The molecule has 0 aliphatic carbocycles. The molecule has 6 heteroatoms. The molecule has 0 radical (unpaired) electrons. The third-order valence-electron chi connectivity index (χ3n) is 4.93. The van der Waals surface area contributed by atoms with Gasteiger partial charge in [0.2, 0.25) is 0 Å². The highest BCUT2D eigenvalue weighted by atomic mass is 79.9. The summed E-state index contributed by atoms with van der Waals surface area (Å²) >= 11 is 3.31. The molecule has 1 N–H and O–H groups in total. The second-order valence-corrected chi connectivity index (χ2v) is 7.80. The molecular weight excluding hydrogens is 446 g/mol. The van der Waals surface area contributed by atoms with Crippen LogP contribution >= 0.6 is 15.9 Å². The van der Waals surface area contributed by atoms with Crippen molar-refractivity contribution in [3.05, 3.63) is 87.4 Å². The fourth-order valence-electron chi connectivity index (χ4n) is 3.49. The smallest absolute Gasteiger partial charge is 0.265 e. The van der Waals surface area contributed by atoms with Crippen molar-refractivity contribution in [3.63, 3.8) is 0 Å². The van der Waals surface area contributed by atoms with E-state index in [1.807, 2.05) is 25.1 Å². The predicted octanol–water partition coefficient (Wildman–Crippen LogP) is 5.20. The zero-order chi connectivity index (χ0) is 21.4. The van der Waals surface area contributed by atoms with Crippen molar-refractivity contribution in [1.29, 1.82) is 0 Å². The van der Waals surface area contributed by atoms with Gasteiger partial charge in [0.05, 0.1) is 17.3 Å². The maximum absolute atomic E-state index is 13.5. The number of nitrogens with zero attached hydrogens (tertiary/aromatic N) is 1. The first-order chi connectivity index (χ1) is 14.4. The van der Waals surface area contributed by atoms with Crippen molar-refractivity contribution in [3.8, 4) is 11.5 Å². The Morgan fingerprint density at radius 1 is 0.967 bits per heavy atom. The largest absolute Gasteiger partial charge is 0.503 e. The third-order valence-corrected chi connectivity index (χ3v) is 5.53. The summed E-state index contributed by atoms with van der Waals surface area (Å²) in [6.45, 7) is 1.91. The molecule has 0 saturated heterocycles. The van der Waals surface area contributed by atoms with E-state index in [2.05, 4.69) is 15.9 Å². The Morgan fingerprint density at radius 2 is 1.70 bits per heavy atom. The molecule has 150 valence electrons. The molecule has 3 aromatic carbocycles.